The monoisotopic (exact) mass is 258 g/mol. The topological polar surface area (TPSA) is 56.2 Å². The summed E-state index contributed by atoms with van der Waals surface area (Å²) >= 11 is 1.63. The summed E-state index contributed by atoms with van der Waals surface area (Å²) in [7, 11) is 0. The third kappa shape index (κ3) is 1.59. The van der Waals surface area contributed by atoms with Gasteiger partial charge in [-0.2, -0.15) is 0 Å². The van der Waals surface area contributed by atoms with Gasteiger partial charge in [0.25, 0.3) is 0 Å². The molecule has 0 saturated carbocycles. The largest absolute Gasteiger partial charge is 0.383 e. The SMILES string of the molecule is CC(C)c1csc2nc(-c3ccncc3)c(N)n12. The van der Waals surface area contributed by atoms with Crippen LogP contribution in [0.15, 0.2) is 29.9 Å². The van der Waals surface area contributed by atoms with Crippen LogP contribution in [0, 0.1) is 0 Å². The average molecular weight is 258 g/mol. The van der Waals surface area contributed by atoms with Gasteiger partial charge in [0, 0.05) is 29.0 Å². The molecule has 2 N–H and O–H groups in total. The van der Waals surface area contributed by atoms with Crippen LogP contribution in [0.5, 0.6) is 0 Å². The van der Waals surface area contributed by atoms with Crippen LogP contribution in [0.25, 0.3) is 16.2 Å². The van der Waals surface area contributed by atoms with Crippen LogP contribution >= 0.6 is 11.3 Å². The first-order chi connectivity index (χ1) is 8.68. The first-order valence-corrected chi connectivity index (χ1v) is 6.72. The molecule has 18 heavy (non-hydrogen) atoms. The lowest BCUT2D eigenvalue weighted by molar-refractivity contribution is 0.814. The van der Waals surface area contributed by atoms with Crippen LogP contribution in [-0.4, -0.2) is 14.4 Å². The summed E-state index contributed by atoms with van der Waals surface area (Å²) in [4.78, 5) is 9.58. The molecule has 3 heterocycles. The number of anilines is 1. The van der Waals surface area contributed by atoms with E-state index in [2.05, 4.69) is 29.2 Å². The van der Waals surface area contributed by atoms with Gasteiger partial charge in [-0.05, 0) is 18.1 Å². The normalized spacial score (nSPS) is 11.5. The summed E-state index contributed by atoms with van der Waals surface area (Å²) < 4.78 is 2.05. The van der Waals surface area contributed by atoms with E-state index in [0.717, 1.165) is 16.2 Å². The minimum absolute atomic E-state index is 0.431. The highest BCUT2D eigenvalue weighted by atomic mass is 32.1. The van der Waals surface area contributed by atoms with E-state index in [-0.39, 0.29) is 0 Å². The van der Waals surface area contributed by atoms with Gasteiger partial charge in [-0.15, -0.1) is 11.3 Å². The van der Waals surface area contributed by atoms with E-state index in [1.54, 1.807) is 23.7 Å². The molecule has 0 aromatic carbocycles. The maximum atomic E-state index is 6.24. The number of nitrogen functional groups attached to an aromatic ring is 1. The zero-order valence-electron chi connectivity index (χ0n) is 10.3. The van der Waals surface area contributed by atoms with E-state index < -0.39 is 0 Å². The molecule has 5 heteroatoms. The minimum Gasteiger partial charge on any atom is -0.383 e. The highest BCUT2D eigenvalue weighted by Crippen LogP contribution is 2.32. The van der Waals surface area contributed by atoms with E-state index in [4.69, 9.17) is 5.73 Å². The molecule has 0 atom stereocenters. The Morgan fingerprint density at radius 2 is 2.00 bits per heavy atom. The maximum absolute atomic E-state index is 6.24. The molecule has 3 aromatic heterocycles. The van der Waals surface area contributed by atoms with Gasteiger partial charge in [0.2, 0.25) is 0 Å². The predicted octanol–water partition coefficient (Wildman–Crippen LogP) is 3.16. The Labute approximate surface area is 109 Å². The van der Waals surface area contributed by atoms with E-state index in [1.807, 2.05) is 16.5 Å². The third-order valence-corrected chi connectivity index (χ3v) is 3.81. The zero-order chi connectivity index (χ0) is 12.7. The molecule has 4 nitrogen and oxygen atoms in total. The van der Waals surface area contributed by atoms with Gasteiger partial charge in [-0.25, -0.2) is 4.98 Å². The van der Waals surface area contributed by atoms with Crippen LogP contribution < -0.4 is 5.73 Å². The van der Waals surface area contributed by atoms with Crippen LogP contribution in [0.1, 0.15) is 25.5 Å². The molecule has 0 amide bonds. The smallest absolute Gasteiger partial charge is 0.196 e. The molecular formula is C13H14N4S. The quantitative estimate of drug-likeness (QED) is 0.768. The van der Waals surface area contributed by atoms with Crippen molar-refractivity contribution < 1.29 is 0 Å². The molecule has 0 bridgehead atoms. The molecule has 0 spiro atoms. The molecule has 3 rings (SSSR count). The van der Waals surface area contributed by atoms with Crippen molar-refractivity contribution in [2.24, 2.45) is 0 Å². The fraction of sp³-hybridized carbons (Fsp3) is 0.231. The van der Waals surface area contributed by atoms with Crippen molar-refractivity contribution in [1.29, 1.82) is 0 Å². The van der Waals surface area contributed by atoms with E-state index in [9.17, 15) is 0 Å². The lowest BCUT2D eigenvalue weighted by Gasteiger charge is -2.04. The summed E-state index contributed by atoms with van der Waals surface area (Å²) in [5, 5.41) is 2.12. The number of aromatic nitrogens is 3. The van der Waals surface area contributed by atoms with Crippen LogP contribution in [-0.2, 0) is 0 Å². The Morgan fingerprint density at radius 3 is 2.67 bits per heavy atom. The first kappa shape index (κ1) is 11.2. The standard InChI is InChI=1S/C13H14N4S/c1-8(2)10-7-18-13-16-11(12(14)17(10)13)9-3-5-15-6-4-9/h3-8H,14H2,1-2H3. The number of imidazole rings is 1. The second-order valence-electron chi connectivity index (χ2n) is 4.51. The molecule has 0 fully saturated rings. The summed E-state index contributed by atoms with van der Waals surface area (Å²) in [6.07, 6.45) is 3.51. The number of hydrogen-bond acceptors (Lipinski definition) is 4. The number of pyridine rings is 1. The summed E-state index contributed by atoms with van der Waals surface area (Å²) in [6.45, 7) is 4.32. The number of thiazole rings is 1. The molecule has 0 radical (unpaired) electrons. The lowest BCUT2D eigenvalue weighted by atomic mass is 10.1. The van der Waals surface area contributed by atoms with Crippen LogP contribution in [0.2, 0.25) is 0 Å². The van der Waals surface area contributed by atoms with Crippen molar-refractivity contribution in [2.75, 3.05) is 5.73 Å². The van der Waals surface area contributed by atoms with Crippen LogP contribution in [0.3, 0.4) is 0 Å². The van der Waals surface area contributed by atoms with Crippen LogP contribution in [0.4, 0.5) is 5.82 Å². The van der Waals surface area contributed by atoms with Crippen molar-refractivity contribution in [2.45, 2.75) is 19.8 Å². The van der Waals surface area contributed by atoms with Gasteiger partial charge in [0.15, 0.2) is 4.96 Å². The highest BCUT2D eigenvalue weighted by molar-refractivity contribution is 7.15. The molecule has 0 saturated heterocycles. The van der Waals surface area contributed by atoms with Gasteiger partial charge in [0.1, 0.15) is 11.5 Å². The molecule has 0 aliphatic heterocycles. The van der Waals surface area contributed by atoms with Gasteiger partial charge >= 0.3 is 0 Å². The van der Waals surface area contributed by atoms with Gasteiger partial charge < -0.3 is 5.73 Å². The van der Waals surface area contributed by atoms with Gasteiger partial charge in [-0.3, -0.25) is 9.38 Å². The fourth-order valence-electron chi connectivity index (χ4n) is 2.02. The minimum atomic E-state index is 0.431. The molecule has 0 unspecified atom stereocenters. The highest BCUT2D eigenvalue weighted by Gasteiger charge is 2.16. The number of rotatable bonds is 2. The van der Waals surface area contributed by atoms with Crippen molar-refractivity contribution in [3.05, 3.63) is 35.6 Å². The zero-order valence-corrected chi connectivity index (χ0v) is 11.1. The van der Waals surface area contributed by atoms with Crippen molar-refractivity contribution in [3.63, 3.8) is 0 Å². The predicted molar refractivity (Wildman–Crippen MR) is 74.8 cm³/mol. The number of nitrogens with two attached hydrogens (primary N) is 1. The van der Waals surface area contributed by atoms with E-state index >= 15 is 0 Å². The Morgan fingerprint density at radius 1 is 1.28 bits per heavy atom. The van der Waals surface area contributed by atoms with Crippen molar-refractivity contribution in [3.8, 4) is 11.3 Å². The number of fused-ring (bicyclic) bond motifs is 1. The Kier molecular flexibility index (Phi) is 2.56. The maximum Gasteiger partial charge on any atom is 0.196 e. The second-order valence-corrected chi connectivity index (χ2v) is 5.35. The summed E-state index contributed by atoms with van der Waals surface area (Å²) in [6, 6.07) is 3.86. The fourth-order valence-corrected chi connectivity index (χ4v) is 3.08. The van der Waals surface area contributed by atoms with Gasteiger partial charge in [-0.1, -0.05) is 13.8 Å². The van der Waals surface area contributed by atoms with Crippen molar-refractivity contribution in [1.82, 2.24) is 14.4 Å². The Bertz CT molecular complexity index is 682. The van der Waals surface area contributed by atoms with Crippen molar-refractivity contribution >= 4 is 22.1 Å². The molecule has 0 aliphatic rings. The molecule has 0 aliphatic carbocycles. The number of hydrogen-bond donors (Lipinski definition) is 1. The number of nitrogens with zero attached hydrogens (tertiary/aromatic N) is 3. The third-order valence-electron chi connectivity index (χ3n) is 2.97. The molecular weight excluding hydrogens is 244 g/mol. The van der Waals surface area contributed by atoms with Gasteiger partial charge in [0.05, 0.1) is 0 Å². The molecule has 92 valence electrons. The lowest BCUT2D eigenvalue weighted by Crippen LogP contribution is -1.99. The average Bonchev–Trinajstić information content (AvgIpc) is 2.91. The van der Waals surface area contributed by atoms with E-state index in [0.29, 0.717) is 11.7 Å². The van der Waals surface area contributed by atoms with E-state index in [1.165, 1.54) is 5.69 Å². The summed E-state index contributed by atoms with van der Waals surface area (Å²) in [5.74, 6) is 1.14. The summed E-state index contributed by atoms with van der Waals surface area (Å²) in [5.41, 5.74) is 9.30. The Balaban J connectivity index is 2.24. The molecule has 3 aromatic rings. The first-order valence-electron chi connectivity index (χ1n) is 5.84. The second kappa shape index (κ2) is 4.10. The Hall–Kier alpha value is -1.88.